The number of hydrogen-bond acceptors (Lipinski definition) is 4. The summed E-state index contributed by atoms with van der Waals surface area (Å²) in [5.74, 6) is -0.226. The summed E-state index contributed by atoms with van der Waals surface area (Å²) < 4.78 is 6.34. The van der Waals surface area contributed by atoms with Crippen molar-refractivity contribution in [2.75, 3.05) is 20.2 Å². The average molecular weight is 287 g/mol. The van der Waals surface area contributed by atoms with Crippen LogP contribution in [-0.4, -0.2) is 30.5 Å². The largest absolute Gasteiger partial charge is 0.468 e. The smallest absolute Gasteiger partial charge is 0.320 e. The van der Waals surface area contributed by atoms with E-state index < -0.39 is 0 Å². The summed E-state index contributed by atoms with van der Waals surface area (Å²) in [4.78, 5) is 10.7. The molecule has 64 valence electrons. The second-order valence-electron chi connectivity index (χ2n) is 1.76. The fourth-order valence-corrected chi connectivity index (χ4v) is 1.69. The Balaban J connectivity index is 3.67. The Hall–Kier alpha value is 0.250. The van der Waals surface area contributed by atoms with Crippen LogP contribution in [0.5, 0.6) is 0 Å². The van der Waals surface area contributed by atoms with Gasteiger partial charge in [0.2, 0.25) is 0 Å². The van der Waals surface area contributed by atoms with Crippen LogP contribution in [0.25, 0.3) is 0 Å². The van der Waals surface area contributed by atoms with Crippen LogP contribution in [0.4, 0.5) is 0 Å². The molecule has 0 unspecified atom stereocenters. The number of carbonyl (C=O) groups excluding carboxylic acids is 1. The highest BCUT2D eigenvalue weighted by Gasteiger charge is 2.07. The molecule has 0 radical (unpaired) electrons. The lowest BCUT2D eigenvalue weighted by Gasteiger charge is -2.12. The van der Waals surface area contributed by atoms with E-state index in [4.69, 9.17) is 0 Å². The highest BCUT2D eigenvalue weighted by molar-refractivity contribution is 14.2. The van der Waals surface area contributed by atoms with Gasteiger partial charge in [-0.25, -0.2) is 4.31 Å². The van der Waals surface area contributed by atoms with Gasteiger partial charge in [-0.3, -0.25) is 4.79 Å². The summed E-state index contributed by atoms with van der Waals surface area (Å²) in [5, 5.41) is 0. The van der Waals surface area contributed by atoms with E-state index in [0.29, 0.717) is 13.1 Å². The fraction of sp³-hybridized carbons (Fsp3) is 0.500. The molecule has 0 spiro atoms. The van der Waals surface area contributed by atoms with Crippen molar-refractivity contribution in [2.45, 2.75) is 0 Å². The van der Waals surface area contributed by atoms with Crippen LogP contribution in [0.15, 0.2) is 12.7 Å². The standard InChI is InChI=1S/C6H10INO2S/c1-3-4-8(11-7)5-6(9)10-2/h3H,1,4-5H2,2H3. The fourth-order valence-electron chi connectivity index (χ4n) is 0.470. The normalized spacial score (nSPS) is 9.73. The summed E-state index contributed by atoms with van der Waals surface area (Å²) in [6.45, 7) is 4.56. The maximum Gasteiger partial charge on any atom is 0.320 e. The Morgan fingerprint density at radius 2 is 2.55 bits per heavy atom. The number of esters is 1. The minimum Gasteiger partial charge on any atom is -0.468 e. The molecule has 3 nitrogen and oxygen atoms in total. The van der Waals surface area contributed by atoms with Gasteiger partial charge in [0.1, 0.15) is 6.54 Å². The van der Waals surface area contributed by atoms with Gasteiger partial charge in [0, 0.05) is 27.8 Å². The first-order valence-corrected chi connectivity index (χ1v) is 6.27. The topological polar surface area (TPSA) is 29.5 Å². The number of nitrogens with zero attached hydrogens (tertiary/aromatic N) is 1. The number of methoxy groups -OCH3 is 1. The lowest BCUT2D eigenvalue weighted by Crippen LogP contribution is -2.23. The molecular formula is C6H10INO2S. The molecule has 0 saturated carbocycles. The molecule has 11 heavy (non-hydrogen) atoms. The van der Waals surface area contributed by atoms with Crippen molar-refractivity contribution in [2.24, 2.45) is 0 Å². The van der Waals surface area contributed by atoms with E-state index in [9.17, 15) is 4.79 Å². The van der Waals surface area contributed by atoms with E-state index in [-0.39, 0.29) is 5.97 Å². The highest BCUT2D eigenvalue weighted by atomic mass is 127. The first-order valence-electron chi connectivity index (χ1n) is 2.96. The van der Waals surface area contributed by atoms with Crippen LogP contribution in [0.1, 0.15) is 0 Å². The van der Waals surface area contributed by atoms with Gasteiger partial charge in [-0.2, -0.15) is 0 Å². The molecule has 0 aromatic heterocycles. The van der Waals surface area contributed by atoms with Crippen molar-refractivity contribution in [3.8, 4) is 0 Å². The molecule has 0 atom stereocenters. The van der Waals surface area contributed by atoms with Gasteiger partial charge in [-0.1, -0.05) is 6.08 Å². The number of halogens is 1. The molecule has 0 heterocycles. The Bertz CT molecular complexity index is 143. The molecule has 0 saturated heterocycles. The molecule has 0 aromatic rings. The van der Waals surface area contributed by atoms with E-state index in [1.54, 1.807) is 6.08 Å². The van der Waals surface area contributed by atoms with Crippen LogP contribution in [0.3, 0.4) is 0 Å². The first kappa shape index (κ1) is 11.2. The highest BCUT2D eigenvalue weighted by Crippen LogP contribution is 2.17. The van der Waals surface area contributed by atoms with E-state index in [2.05, 4.69) is 32.5 Å². The van der Waals surface area contributed by atoms with E-state index in [0.717, 1.165) is 0 Å². The second kappa shape index (κ2) is 6.93. The SMILES string of the molecule is C=CCN(CC(=O)OC)SI. The van der Waals surface area contributed by atoms with Gasteiger partial charge >= 0.3 is 5.97 Å². The van der Waals surface area contributed by atoms with Crippen molar-refractivity contribution in [3.05, 3.63) is 12.7 Å². The van der Waals surface area contributed by atoms with E-state index in [1.165, 1.54) is 16.2 Å². The zero-order valence-electron chi connectivity index (χ0n) is 6.25. The van der Waals surface area contributed by atoms with Crippen LogP contribution in [-0.2, 0) is 9.53 Å². The zero-order chi connectivity index (χ0) is 8.69. The minimum atomic E-state index is -0.226. The van der Waals surface area contributed by atoms with Crippen molar-refractivity contribution >= 4 is 36.3 Å². The Labute approximate surface area is 82.9 Å². The van der Waals surface area contributed by atoms with E-state index in [1.807, 2.05) is 4.31 Å². The van der Waals surface area contributed by atoms with Gasteiger partial charge in [0.15, 0.2) is 0 Å². The van der Waals surface area contributed by atoms with Crippen molar-refractivity contribution < 1.29 is 9.53 Å². The van der Waals surface area contributed by atoms with Gasteiger partial charge in [0.05, 0.1) is 7.11 Å². The van der Waals surface area contributed by atoms with Gasteiger partial charge in [-0.15, -0.1) is 6.58 Å². The molecule has 0 rings (SSSR count). The molecule has 0 aliphatic heterocycles. The quantitative estimate of drug-likeness (QED) is 0.333. The summed E-state index contributed by atoms with van der Waals surface area (Å²) >= 11 is 2.11. The monoisotopic (exact) mass is 287 g/mol. The summed E-state index contributed by atoms with van der Waals surface area (Å²) in [5.41, 5.74) is 0. The predicted molar refractivity (Wildman–Crippen MR) is 55.4 cm³/mol. The molecular weight excluding hydrogens is 277 g/mol. The average Bonchev–Trinajstić information content (AvgIpc) is 2.03. The zero-order valence-corrected chi connectivity index (χ0v) is 9.22. The third kappa shape index (κ3) is 5.51. The number of rotatable bonds is 5. The van der Waals surface area contributed by atoms with E-state index >= 15 is 0 Å². The van der Waals surface area contributed by atoms with Crippen molar-refractivity contribution in [1.82, 2.24) is 4.31 Å². The summed E-state index contributed by atoms with van der Waals surface area (Å²) in [7, 11) is 2.85. The lowest BCUT2D eigenvalue weighted by molar-refractivity contribution is -0.140. The number of hydrogen-bond donors (Lipinski definition) is 0. The Morgan fingerprint density at radius 1 is 1.91 bits per heavy atom. The summed E-state index contributed by atoms with van der Waals surface area (Å²) in [6, 6.07) is 0. The third-order valence-electron chi connectivity index (χ3n) is 0.963. The first-order chi connectivity index (χ1) is 5.24. The van der Waals surface area contributed by atoms with Crippen LogP contribution in [0, 0.1) is 0 Å². The molecule has 0 amide bonds. The maximum absolute atomic E-state index is 10.7. The minimum absolute atomic E-state index is 0.226. The van der Waals surface area contributed by atoms with Gasteiger partial charge < -0.3 is 4.74 Å². The third-order valence-corrected chi connectivity index (χ3v) is 3.11. The van der Waals surface area contributed by atoms with Crippen LogP contribution < -0.4 is 0 Å². The van der Waals surface area contributed by atoms with Crippen LogP contribution >= 0.6 is 30.3 Å². The summed E-state index contributed by atoms with van der Waals surface area (Å²) in [6.07, 6.45) is 1.74. The van der Waals surface area contributed by atoms with Gasteiger partial charge in [-0.05, 0) is 9.12 Å². The molecule has 0 aliphatic carbocycles. The maximum atomic E-state index is 10.7. The molecule has 0 aliphatic rings. The molecule has 0 bridgehead atoms. The number of carbonyl (C=O) groups is 1. The molecule has 0 fully saturated rings. The molecule has 0 aromatic carbocycles. The number of ether oxygens (including phenoxy) is 1. The lowest BCUT2D eigenvalue weighted by atomic mass is 10.5. The predicted octanol–water partition coefficient (Wildman–Crippen LogP) is 1.65. The van der Waals surface area contributed by atoms with Gasteiger partial charge in [0.25, 0.3) is 0 Å². The molecule has 5 heteroatoms. The van der Waals surface area contributed by atoms with Crippen LogP contribution in [0.2, 0.25) is 0 Å². The van der Waals surface area contributed by atoms with Crippen molar-refractivity contribution in [3.63, 3.8) is 0 Å². The van der Waals surface area contributed by atoms with Crippen molar-refractivity contribution in [1.29, 1.82) is 0 Å². The Kier molecular flexibility index (Phi) is 7.09. The molecule has 0 N–H and O–H groups in total. The second-order valence-corrected chi connectivity index (χ2v) is 3.59. The Morgan fingerprint density at radius 3 is 2.91 bits per heavy atom.